The number of carbonyl (C=O) groups excluding carboxylic acids is 1. The van der Waals surface area contributed by atoms with Gasteiger partial charge in [0.15, 0.2) is 0 Å². The van der Waals surface area contributed by atoms with Gasteiger partial charge in [-0.25, -0.2) is 13.1 Å². The van der Waals surface area contributed by atoms with Crippen LogP contribution in [0.1, 0.15) is 23.2 Å². The van der Waals surface area contributed by atoms with E-state index >= 15 is 0 Å². The van der Waals surface area contributed by atoms with E-state index in [1.807, 2.05) is 0 Å². The van der Waals surface area contributed by atoms with Gasteiger partial charge >= 0.3 is 0 Å². The molecule has 1 atom stereocenters. The number of rotatable bonds is 6. The first kappa shape index (κ1) is 19.7. The molecular formula is C14H22ClN3O4S. The van der Waals surface area contributed by atoms with Crippen molar-refractivity contribution in [2.45, 2.75) is 23.8 Å². The molecule has 1 aliphatic rings. The summed E-state index contributed by atoms with van der Waals surface area (Å²) in [6, 6.07) is 4.63. The van der Waals surface area contributed by atoms with Crippen LogP contribution in [-0.2, 0) is 10.0 Å². The molecule has 2 rings (SSSR count). The van der Waals surface area contributed by atoms with Crippen LogP contribution in [0.25, 0.3) is 0 Å². The first-order valence-electron chi connectivity index (χ1n) is 7.11. The Labute approximate surface area is 142 Å². The summed E-state index contributed by atoms with van der Waals surface area (Å²) in [5.74, 6) is -0.104. The number of hydrogen-bond donors (Lipinski definition) is 3. The van der Waals surface area contributed by atoms with E-state index in [9.17, 15) is 13.2 Å². The third-order valence-electron chi connectivity index (χ3n) is 3.66. The predicted molar refractivity (Wildman–Crippen MR) is 89.8 cm³/mol. The van der Waals surface area contributed by atoms with Crippen molar-refractivity contribution in [1.82, 2.24) is 15.4 Å². The van der Waals surface area contributed by atoms with Gasteiger partial charge in [-0.1, -0.05) is 0 Å². The van der Waals surface area contributed by atoms with Gasteiger partial charge in [-0.3, -0.25) is 4.79 Å². The quantitative estimate of drug-likeness (QED) is 0.684. The Bertz CT molecular complexity index is 645. The molecular weight excluding hydrogens is 342 g/mol. The van der Waals surface area contributed by atoms with Crippen molar-refractivity contribution in [3.63, 3.8) is 0 Å². The summed E-state index contributed by atoms with van der Waals surface area (Å²) in [7, 11) is -0.998. The van der Waals surface area contributed by atoms with Crippen LogP contribution in [0.5, 0.6) is 5.75 Å². The average Bonchev–Trinajstić information content (AvgIpc) is 3.05. The zero-order valence-corrected chi connectivity index (χ0v) is 14.7. The molecule has 1 heterocycles. The molecule has 0 aliphatic carbocycles. The zero-order valence-electron chi connectivity index (χ0n) is 13.1. The van der Waals surface area contributed by atoms with Crippen molar-refractivity contribution in [2.75, 3.05) is 27.2 Å². The molecule has 0 spiro atoms. The smallest absolute Gasteiger partial charge is 0.251 e. The van der Waals surface area contributed by atoms with Gasteiger partial charge in [0.25, 0.3) is 5.91 Å². The van der Waals surface area contributed by atoms with Crippen LogP contribution in [0, 0.1) is 0 Å². The van der Waals surface area contributed by atoms with E-state index in [2.05, 4.69) is 15.4 Å². The molecule has 0 bridgehead atoms. The number of sulfonamides is 1. The number of amides is 1. The molecule has 1 saturated heterocycles. The summed E-state index contributed by atoms with van der Waals surface area (Å²) in [5.41, 5.74) is 0.285. The molecule has 1 fully saturated rings. The third kappa shape index (κ3) is 4.81. The van der Waals surface area contributed by atoms with Crippen LogP contribution in [0.2, 0.25) is 0 Å². The van der Waals surface area contributed by atoms with E-state index in [4.69, 9.17) is 4.74 Å². The van der Waals surface area contributed by atoms with Crippen molar-refractivity contribution in [2.24, 2.45) is 0 Å². The Morgan fingerprint density at radius 1 is 1.43 bits per heavy atom. The van der Waals surface area contributed by atoms with Crippen LogP contribution in [0.15, 0.2) is 23.1 Å². The van der Waals surface area contributed by atoms with E-state index in [1.165, 1.54) is 26.3 Å². The summed E-state index contributed by atoms with van der Waals surface area (Å²) < 4.78 is 31.3. The number of ether oxygens (including phenoxy) is 1. The van der Waals surface area contributed by atoms with Gasteiger partial charge in [-0.2, -0.15) is 0 Å². The van der Waals surface area contributed by atoms with E-state index in [0.29, 0.717) is 6.54 Å². The second-order valence-corrected chi connectivity index (χ2v) is 6.93. The predicted octanol–water partition coefficient (Wildman–Crippen LogP) is 0.507. The fourth-order valence-corrected chi connectivity index (χ4v) is 3.31. The lowest BCUT2D eigenvalue weighted by molar-refractivity contribution is 0.0950. The Kier molecular flexibility index (Phi) is 7.27. The van der Waals surface area contributed by atoms with E-state index in [-0.39, 0.29) is 40.6 Å². The van der Waals surface area contributed by atoms with E-state index in [1.54, 1.807) is 6.07 Å². The van der Waals surface area contributed by atoms with Gasteiger partial charge in [0.2, 0.25) is 10.0 Å². The number of nitrogens with one attached hydrogen (secondary N) is 3. The zero-order chi connectivity index (χ0) is 16.2. The highest BCUT2D eigenvalue weighted by molar-refractivity contribution is 7.89. The number of hydrogen-bond acceptors (Lipinski definition) is 5. The second-order valence-electron chi connectivity index (χ2n) is 5.08. The minimum absolute atomic E-state index is 0. The van der Waals surface area contributed by atoms with Crippen LogP contribution < -0.4 is 20.1 Å². The fraction of sp³-hybridized carbons (Fsp3) is 0.500. The van der Waals surface area contributed by atoms with Crippen molar-refractivity contribution in [3.8, 4) is 5.75 Å². The number of methoxy groups -OCH3 is 1. The maximum Gasteiger partial charge on any atom is 0.251 e. The molecule has 0 saturated carbocycles. The highest BCUT2D eigenvalue weighted by Gasteiger charge is 2.21. The fourth-order valence-electron chi connectivity index (χ4n) is 2.39. The Balaban J connectivity index is 0.00000264. The molecule has 23 heavy (non-hydrogen) atoms. The van der Waals surface area contributed by atoms with Crippen LogP contribution in [-0.4, -0.2) is 47.6 Å². The first-order chi connectivity index (χ1) is 10.5. The SMILES string of the molecule is CNS(=O)(=O)c1cc(C(=O)NCC2CCCN2)ccc1OC.Cl. The van der Waals surface area contributed by atoms with Crippen LogP contribution in [0.3, 0.4) is 0 Å². The molecule has 1 amide bonds. The molecule has 0 radical (unpaired) electrons. The summed E-state index contributed by atoms with van der Waals surface area (Å²) in [6.45, 7) is 1.49. The van der Waals surface area contributed by atoms with Crippen molar-refractivity contribution in [3.05, 3.63) is 23.8 Å². The van der Waals surface area contributed by atoms with Crippen molar-refractivity contribution in [1.29, 1.82) is 0 Å². The lowest BCUT2D eigenvalue weighted by Crippen LogP contribution is -2.37. The van der Waals surface area contributed by atoms with Gasteiger partial charge in [0, 0.05) is 18.2 Å². The highest BCUT2D eigenvalue weighted by Crippen LogP contribution is 2.24. The Morgan fingerprint density at radius 2 is 2.17 bits per heavy atom. The third-order valence-corrected chi connectivity index (χ3v) is 5.09. The standard InChI is InChI=1S/C14H21N3O4S.ClH/c1-15-22(19,20)13-8-10(5-6-12(13)21-2)14(18)17-9-11-4-3-7-16-11;/h5-6,8,11,15-16H,3-4,7,9H2,1-2H3,(H,17,18);1H. The van der Waals surface area contributed by atoms with Crippen LogP contribution >= 0.6 is 12.4 Å². The maximum atomic E-state index is 12.2. The number of halogens is 1. The van der Waals surface area contributed by atoms with E-state index < -0.39 is 10.0 Å². The van der Waals surface area contributed by atoms with E-state index in [0.717, 1.165) is 19.4 Å². The lowest BCUT2D eigenvalue weighted by Gasteiger charge is -2.13. The lowest BCUT2D eigenvalue weighted by atomic mass is 10.2. The van der Waals surface area contributed by atoms with Gasteiger partial charge in [0.1, 0.15) is 10.6 Å². The second kappa shape index (κ2) is 8.49. The summed E-state index contributed by atoms with van der Waals surface area (Å²) in [5, 5.41) is 6.10. The van der Waals surface area contributed by atoms with Gasteiger partial charge in [0.05, 0.1) is 7.11 Å². The van der Waals surface area contributed by atoms with Gasteiger partial charge in [-0.05, 0) is 44.6 Å². The monoisotopic (exact) mass is 363 g/mol. The molecule has 7 nitrogen and oxygen atoms in total. The minimum Gasteiger partial charge on any atom is -0.495 e. The highest BCUT2D eigenvalue weighted by atomic mass is 35.5. The molecule has 130 valence electrons. The van der Waals surface area contributed by atoms with Gasteiger partial charge in [-0.15, -0.1) is 12.4 Å². The Morgan fingerprint density at radius 3 is 2.74 bits per heavy atom. The number of carbonyl (C=O) groups is 1. The molecule has 1 unspecified atom stereocenters. The summed E-state index contributed by atoms with van der Waals surface area (Å²) in [4.78, 5) is 12.1. The van der Waals surface area contributed by atoms with Crippen molar-refractivity contribution >= 4 is 28.3 Å². The summed E-state index contributed by atoms with van der Waals surface area (Å²) >= 11 is 0. The molecule has 3 N–H and O–H groups in total. The maximum absolute atomic E-state index is 12.2. The minimum atomic E-state index is -3.69. The average molecular weight is 364 g/mol. The van der Waals surface area contributed by atoms with Gasteiger partial charge < -0.3 is 15.4 Å². The largest absolute Gasteiger partial charge is 0.495 e. The molecule has 1 aliphatic heterocycles. The van der Waals surface area contributed by atoms with Crippen molar-refractivity contribution < 1.29 is 17.9 Å². The molecule has 9 heteroatoms. The molecule has 1 aromatic carbocycles. The summed E-state index contributed by atoms with van der Waals surface area (Å²) in [6.07, 6.45) is 2.13. The first-order valence-corrected chi connectivity index (χ1v) is 8.59. The normalized spacial score (nSPS) is 17.4. The van der Waals surface area contributed by atoms with Crippen LogP contribution in [0.4, 0.5) is 0 Å². The number of benzene rings is 1. The molecule has 1 aromatic rings. The molecule has 0 aromatic heterocycles. The topological polar surface area (TPSA) is 96.5 Å². The Hall–Kier alpha value is -1.35.